The highest BCUT2D eigenvalue weighted by Crippen LogP contribution is 2.12. The molecule has 1 N–H and O–H groups in total. The molecule has 1 aromatic carbocycles. The molecule has 4 heteroatoms. The lowest BCUT2D eigenvalue weighted by Gasteiger charge is -1.95. The highest BCUT2D eigenvalue weighted by molar-refractivity contribution is 6.08. The average molecular weight is 253 g/mol. The smallest absolute Gasteiger partial charge is 0.220 e. The van der Waals surface area contributed by atoms with Crippen molar-refractivity contribution in [3.63, 3.8) is 0 Å². The Morgan fingerprint density at radius 2 is 1.95 bits per heavy atom. The molecule has 0 amide bonds. The van der Waals surface area contributed by atoms with Crippen molar-refractivity contribution in [3.05, 3.63) is 76.2 Å². The van der Waals surface area contributed by atoms with Crippen molar-refractivity contribution in [3.8, 4) is 5.75 Å². The van der Waals surface area contributed by atoms with Crippen LogP contribution in [0.15, 0.2) is 59.7 Å². The molecular formula is C15H11NO3. The molecule has 2 aromatic rings. The Balaban J connectivity index is 2.32. The van der Waals surface area contributed by atoms with Crippen molar-refractivity contribution >= 4 is 11.9 Å². The fourth-order valence-corrected chi connectivity index (χ4v) is 1.52. The van der Waals surface area contributed by atoms with Gasteiger partial charge in [0.25, 0.3) is 0 Å². The van der Waals surface area contributed by atoms with E-state index in [0.29, 0.717) is 0 Å². The van der Waals surface area contributed by atoms with Gasteiger partial charge < -0.3 is 5.11 Å². The van der Waals surface area contributed by atoms with Crippen LogP contribution < -0.4 is 5.43 Å². The van der Waals surface area contributed by atoms with E-state index in [2.05, 4.69) is 4.98 Å². The van der Waals surface area contributed by atoms with Gasteiger partial charge in [0.1, 0.15) is 0 Å². The number of nitrogens with zero attached hydrogens (tertiary/aromatic N) is 1. The van der Waals surface area contributed by atoms with Gasteiger partial charge in [-0.2, -0.15) is 0 Å². The third-order valence-electron chi connectivity index (χ3n) is 2.49. The van der Waals surface area contributed by atoms with Crippen LogP contribution in [-0.4, -0.2) is 15.9 Å². The van der Waals surface area contributed by atoms with Crippen LogP contribution in [0.25, 0.3) is 6.08 Å². The Morgan fingerprint density at radius 3 is 2.68 bits per heavy atom. The van der Waals surface area contributed by atoms with E-state index in [1.165, 1.54) is 30.3 Å². The quantitative estimate of drug-likeness (QED) is 0.671. The first kappa shape index (κ1) is 12.7. The molecule has 0 aliphatic carbocycles. The van der Waals surface area contributed by atoms with E-state index in [9.17, 15) is 14.7 Å². The van der Waals surface area contributed by atoms with Crippen LogP contribution in [0.4, 0.5) is 0 Å². The fourth-order valence-electron chi connectivity index (χ4n) is 1.52. The number of rotatable bonds is 3. The Kier molecular flexibility index (Phi) is 3.83. The largest absolute Gasteiger partial charge is 0.504 e. The van der Waals surface area contributed by atoms with Crippen molar-refractivity contribution in [1.82, 2.24) is 4.98 Å². The molecule has 0 saturated heterocycles. The summed E-state index contributed by atoms with van der Waals surface area (Å²) < 4.78 is 0. The minimum atomic E-state index is -0.580. The van der Waals surface area contributed by atoms with Crippen molar-refractivity contribution in [2.24, 2.45) is 0 Å². The number of carbonyl (C=O) groups is 1. The van der Waals surface area contributed by atoms with Crippen molar-refractivity contribution < 1.29 is 9.90 Å². The molecule has 0 fully saturated rings. The minimum absolute atomic E-state index is 0.0184. The van der Waals surface area contributed by atoms with Crippen LogP contribution in [0, 0.1) is 0 Å². The summed E-state index contributed by atoms with van der Waals surface area (Å²) in [6.07, 6.45) is 6.11. The zero-order chi connectivity index (χ0) is 13.7. The van der Waals surface area contributed by atoms with Crippen molar-refractivity contribution in [1.29, 1.82) is 0 Å². The van der Waals surface area contributed by atoms with Crippen molar-refractivity contribution in [2.45, 2.75) is 0 Å². The summed E-state index contributed by atoms with van der Waals surface area (Å²) in [4.78, 5) is 27.2. The predicted octanol–water partition coefficient (Wildman–Crippen LogP) is 2.04. The molecule has 0 unspecified atom stereocenters. The average Bonchev–Trinajstić information content (AvgIpc) is 2.60. The summed E-state index contributed by atoms with van der Waals surface area (Å²) in [5.74, 6) is -0.972. The Bertz CT molecular complexity index is 678. The highest BCUT2D eigenvalue weighted by Gasteiger charge is 2.08. The molecule has 0 aliphatic rings. The lowest BCUT2D eigenvalue weighted by molar-refractivity contribution is 0.104. The Morgan fingerprint density at radius 1 is 1.16 bits per heavy atom. The van der Waals surface area contributed by atoms with Gasteiger partial charge in [0, 0.05) is 12.4 Å². The number of allylic oxidation sites excluding steroid dienone is 1. The van der Waals surface area contributed by atoms with Gasteiger partial charge in [0.05, 0.1) is 5.56 Å². The van der Waals surface area contributed by atoms with Crippen LogP contribution in [0.5, 0.6) is 5.75 Å². The molecule has 0 saturated carbocycles. The lowest BCUT2D eigenvalue weighted by Crippen LogP contribution is -2.01. The zero-order valence-electron chi connectivity index (χ0n) is 9.98. The zero-order valence-corrected chi connectivity index (χ0v) is 9.98. The maximum absolute atomic E-state index is 11.9. The number of carbonyl (C=O) groups excluding carboxylic acids is 1. The summed E-state index contributed by atoms with van der Waals surface area (Å²) in [6.45, 7) is 0. The van der Waals surface area contributed by atoms with E-state index >= 15 is 0 Å². The predicted molar refractivity (Wildman–Crippen MR) is 72.0 cm³/mol. The monoisotopic (exact) mass is 253 g/mol. The molecule has 0 spiro atoms. The number of aromatic hydroxyl groups is 1. The number of pyridine rings is 1. The molecular weight excluding hydrogens is 242 g/mol. The topological polar surface area (TPSA) is 67.3 Å². The second-order valence-electron chi connectivity index (χ2n) is 3.83. The third-order valence-corrected chi connectivity index (χ3v) is 2.49. The van der Waals surface area contributed by atoms with E-state index < -0.39 is 17.0 Å². The van der Waals surface area contributed by atoms with Gasteiger partial charge in [-0.3, -0.25) is 14.6 Å². The lowest BCUT2D eigenvalue weighted by atomic mass is 10.1. The van der Waals surface area contributed by atoms with Crippen LogP contribution >= 0.6 is 0 Å². The summed E-state index contributed by atoms with van der Waals surface area (Å²) >= 11 is 0. The van der Waals surface area contributed by atoms with Gasteiger partial charge in [-0.25, -0.2) is 0 Å². The summed E-state index contributed by atoms with van der Waals surface area (Å²) in [5, 5.41) is 9.65. The first-order chi connectivity index (χ1) is 9.18. The number of aromatic nitrogens is 1. The minimum Gasteiger partial charge on any atom is -0.504 e. The van der Waals surface area contributed by atoms with Crippen LogP contribution in [0.1, 0.15) is 15.9 Å². The Labute approximate surface area is 109 Å². The number of hydrogen-bond donors (Lipinski definition) is 1. The van der Waals surface area contributed by atoms with Crippen LogP contribution in [0.2, 0.25) is 0 Å². The maximum atomic E-state index is 11.9. The first-order valence-electron chi connectivity index (χ1n) is 5.63. The second kappa shape index (κ2) is 5.73. The molecule has 1 aromatic heterocycles. The van der Waals surface area contributed by atoms with E-state index in [4.69, 9.17) is 0 Å². The van der Waals surface area contributed by atoms with Gasteiger partial charge >= 0.3 is 0 Å². The molecule has 1 heterocycles. The van der Waals surface area contributed by atoms with Crippen molar-refractivity contribution in [2.75, 3.05) is 0 Å². The fraction of sp³-hybridized carbons (Fsp3) is 0. The molecule has 0 aliphatic heterocycles. The van der Waals surface area contributed by atoms with E-state index in [1.54, 1.807) is 30.6 Å². The Hall–Kier alpha value is -2.75. The third kappa shape index (κ3) is 3.13. The number of ketones is 1. The van der Waals surface area contributed by atoms with E-state index in [0.717, 1.165) is 5.56 Å². The summed E-state index contributed by atoms with van der Waals surface area (Å²) in [5.41, 5.74) is 0.163. The standard InChI is InChI=1S/C15H11NO3/c17-13(8-7-11-4-3-9-16-10-11)12-5-1-2-6-14(18)15(12)19/h1-10H,(H,18,19). The van der Waals surface area contributed by atoms with Gasteiger partial charge in [0.2, 0.25) is 5.43 Å². The number of hydrogen-bond acceptors (Lipinski definition) is 4. The van der Waals surface area contributed by atoms with Gasteiger partial charge in [0.15, 0.2) is 11.5 Å². The summed E-state index contributed by atoms with van der Waals surface area (Å²) in [6, 6.07) is 9.17. The van der Waals surface area contributed by atoms with Gasteiger partial charge in [-0.15, -0.1) is 0 Å². The highest BCUT2D eigenvalue weighted by atomic mass is 16.3. The summed E-state index contributed by atoms with van der Waals surface area (Å²) in [7, 11) is 0. The van der Waals surface area contributed by atoms with Gasteiger partial charge in [-0.1, -0.05) is 18.2 Å². The van der Waals surface area contributed by atoms with E-state index in [1.807, 2.05) is 0 Å². The molecule has 0 atom stereocenters. The molecule has 94 valence electrons. The van der Waals surface area contributed by atoms with Gasteiger partial charge in [-0.05, 0) is 35.9 Å². The molecule has 0 radical (unpaired) electrons. The molecule has 19 heavy (non-hydrogen) atoms. The van der Waals surface area contributed by atoms with E-state index in [-0.39, 0.29) is 5.56 Å². The normalized spacial score (nSPS) is 10.5. The molecule has 0 bridgehead atoms. The maximum Gasteiger partial charge on any atom is 0.220 e. The first-order valence-corrected chi connectivity index (χ1v) is 5.63. The SMILES string of the molecule is O=C(C=Cc1cccnc1)c1ccccc(=O)c1O. The van der Waals surface area contributed by atoms with Crippen LogP contribution in [0.3, 0.4) is 0 Å². The second-order valence-corrected chi connectivity index (χ2v) is 3.83. The molecule has 2 rings (SSSR count). The molecule has 4 nitrogen and oxygen atoms in total. The van der Waals surface area contributed by atoms with Crippen LogP contribution in [-0.2, 0) is 0 Å².